The highest BCUT2D eigenvalue weighted by atomic mass is 16.2. The number of carbonyl (C=O) groups excluding carboxylic acids is 1. The van der Waals surface area contributed by atoms with E-state index in [9.17, 15) is 4.79 Å². The van der Waals surface area contributed by atoms with Crippen LogP contribution < -0.4 is 10.3 Å². The van der Waals surface area contributed by atoms with E-state index in [0.29, 0.717) is 5.56 Å². The molecule has 0 atom stereocenters. The van der Waals surface area contributed by atoms with Gasteiger partial charge in [-0.25, -0.2) is 5.43 Å². The maximum atomic E-state index is 12.4. The fourth-order valence-electron chi connectivity index (χ4n) is 4.04. The van der Waals surface area contributed by atoms with Crippen molar-refractivity contribution < 1.29 is 4.79 Å². The molecule has 1 fully saturated rings. The number of nitrogens with zero attached hydrogens (tertiary/aromatic N) is 3. The molecule has 1 aliphatic heterocycles. The zero-order valence-corrected chi connectivity index (χ0v) is 17.9. The van der Waals surface area contributed by atoms with Gasteiger partial charge in [-0.1, -0.05) is 6.07 Å². The number of amides is 1. The zero-order valence-electron chi connectivity index (χ0n) is 17.9. The second kappa shape index (κ2) is 8.57. The predicted molar refractivity (Wildman–Crippen MR) is 123 cm³/mol. The first kappa shape index (κ1) is 20.0. The molecule has 4 rings (SSSR count). The molecule has 1 aliphatic rings. The van der Waals surface area contributed by atoms with E-state index in [0.717, 1.165) is 29.9 Å². The fourth-order valence-corrected chi connectivity index (χ4v) is 4.04. The molecule has 30 heavy (non-hydrogen) atoms. The van der Waals surface area contributed by atoms with Gasteiger partial charge in [0, 0.05) is 41.4 Å². The van der Waals surface area contributed by atoms with Crippen molar-refractivity contribution in [3.8, 4) is 5.69 Å². The Bertz CT molecular complexity index is 1050. The molecule has 0 saturated carbocycles. The van der Waals surface area contributed by atoms with Gasteiger partial charge in [-0.3, -0.25) is 4.79 Å². The van der Waals surface area contributed by atoms with Gasteiger partial charge < -0.3 is 9.47 Å². The normalized spacial score (nSPS) is 13.9. The molecule has 1 amide bonds. The minimum atomic E-state index is -0.218. The van der Waals surface area contributed by atoms with Gasteiger partial charge in [-0.05, 0) is 93.3 Å². The average Bonchev–Trinajstić information content (AvgIpc) is 3.39. The van der Waals surface area contributed by atoms with Crippen LogP contribution in [0.25, 0.3) is 5.69 Å². The molecule has 1 saturated heterocycles. The first-order valence-electron chi connectivity index (χ1n) is 10.5. The van der Waals surface area contributed by atoms with Crippen LogP contribution in [-0.2, 0) is 0 Å². The Kier molecular flexibility index (Phi) is 5.70. The third-order valence-corrected chi connectivity index (χ3v) is 5.75. The number of aryl methyl sites for hydroxylation is 3. The van der Waals surface area contributed by atoms with Gasteiger partial charge >= 0.3 is 0 Å². The van der Waals surface area contributed by atoms with E-state index >= 15 is 0 Å². The molecule has 3 aromatic rings. The third-order valence-electron chi connectivity index (χ3n) is 5.75. The maximum absolute atomic E-state index is 12.4. The Balaban J connectivity index is 1.40. The summed E-state index contributed by atoms with van der Waals surface area (Å²) in [6.45, 7) is 8.48. The van der Waals surface area contributed by atoms with E-state index < -0.39 is 0 Å². The number of benzene rings is 2. The molecule has 5 nitrogen and oxygen atoms in total. The highest BCUT2D eigenvalue weighted by Crippen LogP contribution is 2.22. The molecular formula is C25H28N4O. The van der Waals surface area contributed by atoms with Crippen molar-refractivity contribution in [2.75, 3.05) is 18.0 Å². The molecule has 0 radical (unpaired) electrons. The Labute approximate surface area is 178 Å². The second-order valence-electron chi connectivity index (χ2n) is 7.93. The van der Waals surface area contributed by atoms with E-state index in [1.807, 2.05) is 24.3 Å². The lowest BCUT2D eigenvalue weighted by atomic mass is 10.1. The van der Waals surface area contributed by atoms with Crippen molar-refractivity contribution in [2.24, 2.45) is 5.10 Å². The summed E-state index contributed by atoms with van der Waals surface area (Å²) >= 11 is 0. The van der Waals surface area contributed by atoms with Gasteiger partial charge in [0.1, 0.15) is 0 Å². The predicted octanol–water partition coefficient (Wildman–Crippen LogP) is 4.77. The quantitative estimate of drug-likeness (QED) is 0.496. The summed E-state index contributed by atoms with van der Waals surface area (Å²) in [4.78, 5) is 14.9. The Hall–Kier alpha value is -3.34. The van der Waals surface area contributed by atoms with Gasteiger partial charge in [0.25, 0.3) is 5.91 Å². The van der Waals surface area contributed by atoms with Crippen LogP contribution in [0.3, 0.4) is 0 Å². The first-order chi connectivity index (χ1) is 14.5. The number of anilines is 1. The van der Waals surface area contributed by atoms with Crippen molar-refractivity contribution in [3.63, 3.8) is 0 Å². The Morgan fingerprint density at radius 1 is 0.900 bits per heavy atom. The number of hydrogen-bond acceptors (Lipinski definition) is 3. The molecule has 0 spiro atoms. The van der Waals surface area contributed by atoms with Crippen LogP contribution in [0.4, 0.5) is 5.69 Å². The van der Waals surface area contributed by atoms with Crippen LogP contribution in [0, 0.1) is 20.8 Å². The summed E-state index contributed by atoms with van der Waals surface area (Å²) < 4.78 is 2.16. The number of hydrazone groups is 1. The van der Waals surface area contributed by atoms with Gasteiger partial charge in [0.05, 0.1) is 6.21 Å². The lowest BCUT2D eigenvalue weighted by molar-refractivity contribution is 0.0955. The fraction of sp³-hybridized carbons (Fsp3) is 0.280. The minimum absolute atomic E-state index is 0.218. The van der Waals surface area contributed by atoms with Crippen LogP contribution in [0.5, 0.6) is 0 Å². The van der Waals surface area contributed by atoms with E-state index in [1.54, 1.807) is 6.21 Å². The SMILES string of the molecule is Cc1cc(N2CCCC2)ccc1/C=N/NC(=O)c1ccc(-n2c(C)ccc2C)cc1. The monoisotopic (exact) mass is 400 g/mol. The molecule has 0 bridgehead atoms. The molecule has 2 aromatic carbocycles. The van der Waals surface area contributed by atoms with E-state index in [-0.39, 0.29) is 5.91 Å². The van der Waals surface area contributed by atoms with Crippen LogP contribution in [0.1, 0.15) is 45.7 Å². The third kappa shape index (κ3) is 4.15. The number of aromatic nitrogens is 1. The van der Waals surface area contributed by atoms with Crippen molar-refractivity contribution in [3.05, 3.63) is 82.7 Å². The lowest BCUT2D eigenvalue weighted by Gasteiger charge is -2.18. The van der Waals surface area contributed by atoms with E-state index in [4.69, 9.17) is 0 Å². The summed E-state index contributed by atoms with van der Waals surface area (Å²) in [5.74, 6) is -0.218. The minimum Gasteiger partial charge on any atom is -0.372 e. The highest BCUT2D eigenvalue weighted by molar-refractivity contribution is 5.95. The second-order valence-corrected chi connectivity index (χ2v) is 7.93. The highest BCUT2D eigenvalue weighted by Gasteiger charge is 2.13. The zero-order chi connectivity index (χ0) is 21.1. The van der Waals surface area contributed by atoms with E-state index in [2.05, 4.69) is 71.1 Å². The standard InChI is InChI=1S/C25H28N4O/c1-18-16-24(28-14-4-5-15-28)13-10-22(18)17-26-27-25(30)21-8-11-23(12-9-21)29-19(2)6-7-20(29)3/h6-13,16-17H,4-5,14-15H2,1-3H3,(H,27,30)/b26-17+. The molecule has 0 aliphatic carbocycles. The Morgan fingerprint density at radius 3 is 2.17 bits per heavy atom. The van der Waals surface area contributed by atoms with Crippen LogP contribution in [-0.4, -0.2) is 29.8 Å². The van der Waals surface area contributed by atoms with Crippen LogP contribution >= 0.6 is 0 Å². The summed E-state index contributed by atoms with van der Waals surface area (Å²) in [5, 5.41) is 4.16. The molecule has 2 heterocycles. The van der Waals surface area contributed by atoms with Gasteiger partial charge in [0.2, 0.25) is 0 Å². The van der Waals surface area contributed by atoms with Gasteiger partial charge in [0.15, 0.2) is 0 Å². The summed E-state index contributed by atoms with van der Waals surface area (Å²) in [6.07, 6.45) is 4.24. The number of rotatable bonds is 5. The molecule has 0 unspecified atom stereocenters. The molecule has 5 heteroatoms. The molecule has 1 aromatic heterocycles. The number of carbonyl (C=O) groups is 1. The molecular weight excluding hydrogens is 372 g/mol. The van der Waals surface area contributed by atoms with Gasteiger partial charge in [-0.15, -0.1) is 0 Å². The van der Waals surface area contributed by atoms with Gasteiger partial charge in [-0.2, -0.15) is 5.10 Å². The van der Waals surface area contributed by atoms with Crippen molar-refractivity contribution in [2.45, 2.75) is 33.6 Å². The number of hydrogen-bond donors (Lipinski definition) is 1. The van der Waals surface area contributed by atoms with Crippen LogP contribution in [0.2, 0.25) is 0 Å². The summed E-state index contributed by atoms with van der Waals surface area (Å²) in [6, 6.07) is 18.1. The van der Waals surface area contributed by atoms with Crippen molar-refractivity contribution >= 4 is 17.8 Å². The smallest absolute Gasteiger partial charge is 0.271 e. The number of nitrogens with one attached hydrogen (secondary N) is 1. The first-order valence-corrected chi connectivity index (χ1v) is 10.5. The summed E-state index contributed by atoms with van der Waals surface area (Å²) in [5.41, 5.74) is 10.0. The largest absolute Gasteiger partial charge is 0.372 e. The van der Waals surface area contributed by atoms with Crippen LogP contribution in [0.15, 0.2) is 59.7 Å². The lowest BCUT2D eigenvalue weighted by Crippen LogP contribution is -2.18. The summed E-state index contributed by atoms with van der Waals surface area (Å²) in [7, 11) is 0. The Morgan fingerprint density at radius 2 is 1.53 bits per heavy atom. The maximum Gasteiger partial charge on any atom is 0.271 e. The molecule has 1 N–H and O–H groups in total. The van der Waals surface area contributed by atoms with Crippen molar-refractivity contribution in [1.82, 2.24) is 9.99 Å². The average molecular weight is 401 g/mol. The topological polar surface area (TPSA) is 49.6 Å². The van der Waals surface area contributed by atoms with E-state index in [1.165, 1.54) is 29.9 Å². The molecule has 154 valence electrons. The van der Waals surface area contributed by atoms with Crippen molar-refractivity contribution in [1.29, 1.82) is 0 Å².